The zero-order valence-corrected chi connectivity index (χ0v) is 18.6. The second-order valence-corrected chi connectivity index (χ2v) is 9.21. The number of benzene rings is 1. The number of halogens is 1. The van der Waals surface area contributed by atoms with Crippen molar-refractivity contribution in [2.24, 2.45) is 11.8 Å². The molecular weight excluding hydrogens is 440 g/mol. The Bertz CT molecular complexity index is 684. The summed E-state index contributed by atoms with van der Waals surface area (Å²) in [6, 6.07) is 6.47. The molecule has 1 aromatic carbocycles. The Morgan fingerprint density at radius 1 is 1.07 bits per heavy atom. The number of carboxylic acids is 2. The largest absolute Gasteiger partial charge is 0.508 e. The van der Waals surface area contributed by atoms with E-state index in [1.807, 2.05) is 12.1 Å². The molecule has 1 aromatic rings. The van der Waals surface area contributed by atoms with E-state index in [0.29, 0.717) is 5.75 Å². The monoisotopic (exact) mass is 470 g/mol. The predicted molar refractivity (Wildman–Crippen MR) is 114 cm³/mol. The van der Waals surface area contributed by atoms with Crippen molar-refractivity contribution in [1.29, 1.82) is 0 Å². The average Bonchev–Trinajstić information content (AvgIpc) is 2.65. The Morgan fingerprint density at radius 2 is 1.62 bits per heavy atom. The summed E-state index contributed by atoms with van der Waals surface area (Å²) in [7, 11) is 0. The van der Waals surface area contributed by atoms with Crippen LogP contribution in [0.4, 0.5) is 0 Å². The number of carbonyl (C=O) groups is 2. The second-order valence-electron chi connectivity index (χ2n) is 8.29. The van der Waals surface area contributed by atoms with E-state index in [-0.39, 0.29) is 0 Å². The van der Waals surface area contributed by atoms with E-state index >= 15 is 0 Å². The Labute approximate surface area is 180 Å². The zero-order chi connectivity index (χ0) is 21.6. The minimum absolute atomic E-state index is 0.411. The van der Waals surface area contributed by atoms with Crippen molar-refractivity contribution >= 4 is 27.9 Å². The lowest BCUT2D eigenvalue weighted by atomic mass is 9.89. The number of piperidine rings is 2. The molecule has 8 heteroatoms. The summed E-state index contributed by atoms with van der Waals surface area (Å²) in [6.45, 7) is 10.5. The number of carboxylic acid groups (broad SMARTS) is 2. The minimum atomic E-state index is -1.82. The molecule has 0 saturated carbocycles. The maximum absolute atomic E-state index is 10.0. The van der Waals surface area contributed by atoms with E-state index in [9.17, 15) is 5.11 Å². The molecule has 2 saturated heterocycles. The third-order valence-corrected chi connectivity index (χ3v) is 6.08. The summed E-state index contributed by atoms with van der Waals surface area (Å²) < 4.78 is 1.04. The number of hydrogen-bond donors (Lipinski definition) is 3. The van der Waals surface area contributed by atoms with Crippen LogP contribution < -0.4 is 0 Å². The first kappa shape index (κ1) is 23.6. The van der Waals surface area contributed by atoms with Gasteiger partial charge in [-0.3, -0.25) is 9.80 Å². The SMILES string of the molecule is CC1CC(C)CN(C2CCN(Cc3cc(Br)ccc3O)CC2)C1.O=C(O)C(=O)O. The zero-order valence-electron chi connectivity index (χ0n) is 17.1. The molecule has 0 radical (unpaired) electrons. The molecule has 0 aliphatic carbocycles. The highest BCUT2D eigenvalue weighted by molar-refractivity contribution is 9.10. The van der Waals surface area contributed by atoms with Gasteiger partial charge in [0.1, 0.15) is 5.75 Å². The molecule has 29 heavy (non-hydrogen) atoms. The van der Waals surface area contributed by atoms with Gasteiger partial charge in [0.25, 0.3) is 0 Å². The molecule has 2 heterocycles. The maximum atomic E-state index is 10.0. The summed E-state index contributed by atoms with van der Waals surface area (Å²) in [5.41, 5.74) is 1.03. The quantitative estimate of drug-likeness (QED) is 0.582. The van der Waals surface area contributed by atoms with Gasteiger partial charge in [-0.2, -0.15) is 0 Å². The van der Waals surface area contributed by atoms with Crippen LogP contribution in [0.5, 0.6) is 5.75 Å². The Hall–Kier alpha value is -1.64. The lowest BCUT2D eigenvalue weighted by molar-refractivity contribution is -0.159. The normalized spacial score (nSPS) is 23.8. The van der Waals surface area contributed by atoms with Crippen LogP contribution in [0.1, 0.15) is 38.7 Å². The van der Waals surface area contributed by atoms with Crippen LogP contribution in [0.25, 0.3) is 0 Å². The van der Waals surface area contributed by atoms with Crippen molar-refractivity contribution in [1.82, 2.24) is 9.80 Å². The van der Waals surface area contributed by atoms with Gasteiger partial charge in [0.05, 0.1) is 0 Å². The Kier molecular flexibility index (Phi) is 8.92. The van der Waals surface area contributed by atoms with E-state index in [0.717, 1.165) is 47.5 Å². The van der Waals surface area contributed by atoms with Crippen molar-refractivity contribution in [3.05, 3.63) is 28.2 Å². The molecule has 2 atom stereocenters. The van der Waals surface area contributed by atoms with Gasteiger partial charge in [-0.1, -0.05) is 29.8 Å². The topological polar surface area (TPSA) is 101 Å². The molecular formula is C21H31BrN2O5. The molecule has 2 unspecified atom stereocenters. The highest BCUT2D eigenvalue weighted by Crippen LogP contribution is 2.28. The maximum Gasteiger partial charge on any atom is 0.414 e. The fourth-order valence-corrected chi connectivity index (χ4v) is 4.78. The van der Waals surface area contributed by atoms with Crippen LogP contribution in [0.2, 0.25) is 0 Å². The number of hydrogen-bond acceptors (Lipinski definition) is 5. The molecule has 0 spiro atoms. The van der Waals surface area contributed by atoms with Crippen molar-refractivity contribution in [3.8, 4) is 5.75 Å². The third-order valence-electron chi connectivity index (χ3n) is 5.59. The van der Waals surface area contributed by atoms with Crippen molar-refractivity contribution < 1.29 is 24.9 Å². The second kappa shape index (κ2) is 10.9. The standard InChI is InChI=1S/C19H29BrN2O.C2H2O4/c1-14-9-15(2)12-22(11-14)18-5-7-21(8-6-18)13-16-10-17(20)3-4-19(16)23;3-1(4)2(5)6/h3-4,10,14-15,18,23H,5-9,11-13H2,1-2H3;(H,3,4)(H,5,6). The van der Waals surface area contributed by atoms with Crippen LogP contribution >= 0.6 is 15.9 Å². The van der Waals surface area contributed by atoms with Gasteiger partial charge in [0.15, 0.2) is 0 Å². The van der Waals surface area contributed by atoms with Crippen LogP contribution in [0.3, 0.4) is 0 Å². The Morgan fingerprint density at radius 3 is 2.14 bits per heavy atom. The van der Waals surface area contributed by atoms with Crippen LogP contribution in [-0.2, 0) is 16.1 Å². The minimum Gasteiger partial charge on any atom is -0.508 e. The molecule has 0 aromatic heterocycles. The molecule has 2 aliphatic heterocycles. The summed E-state index contributed by atoms with van der Waals surface area (Å²) in [5.74, 6) is -1.55. The summed E-state index contributed by atoms with van der Waals surface area (Å²) in [4.78, 5) is 23.4. The van der Waals surface area contributed by atoms with E-state index in [4.69, 9.17) is 19.8 Å². The number of rotatable bonds is 3. The lowest BCUT2D eigenvalue weighted by Gasteiger charge is -2.43. The first-order valence-corrected chi connectivity index (χ1v) is 10.8. The van der Waals surface area contributed by atoms with Gasteiger partial charge in [0, 0.05) is 35.7 Å². The highest BCUT2D eigenvalue weighted by atomic mass is 79.9. The van der Waals surface area contributed by atoms with Gasteiger partial charge in [-0.05, 0) is 62.4 Å². The smallest absolute Gasteiger partial charge is 0.414 e. The molecule has 3 rings (SSSR count). The fraction of sp³-hybridized carbons (Fsp3) is 0.619. The average molecular weight is 471 g/mol. The van der Waals surface area contributed by atoms with Crippen LogP contribution in [0.15, 0.2) is 22.7 Å². The first-order chi connectivity index (χ1) is 13.7. The van der Waals surface area contributed by atoms with Crippen molar-refractivity contribution in [2.45, 2.75) is 45.7 Å². The van der Waals surface area contributed by atoms with Crippen LogP contribution in [0, 0.1) is 11.8 Å². The van der Waals surface area contributed by atoms with Gasteiger partial charge < -0.3 is 15.3 Å². The molecule has 7 nitrogen and oxygen atoms in total. The number of aromatic hydroxyl groups is 1. The van der Waals surface area contributed by atoms with E-state index in [1.165, 1.54) is 32.4 Å². The van der Waals surface area contributed by atoms with Crippen molar-refractivity contribution in [3.63, 3.8) is 0 Å². The van der Waals surface area contributed by atoms with Crippen molar-refractivity contribution in [2.75, 3.05) is 26.2 Å². The Balaban J connectivity index is 0.000000438. The number of phenols is 1. The number of nitrogens with zero attached hydrogens (tertiary/aromatic N) is 2. The third kappa shape index (κ3) is 7.60. The molecule has 2 fully saturated rings. The number of aliphatic carboxylic acids is 2. The summed E-state index contributed by atoms with van der Waals surface area (Å²) in [6.07, 6.45) is 3.90. The van der Waals surface area contributed by atoms with Gasteiger partial charge in [-0.15, -0.1) is 0 Å². The van der Waals surface area contributed by atoms with E-state index in [2.05, 4.69) is 39.6 Å². The number of likely N-dealkylation sites (tertiary alicyclic amines) is 2. The highest BCUT2D eigenvalue weighted by Gasteiger charge is 2.30. The molecule has 0 amide bonds. The summed E-state index contributed by atoms with van der Waals surface area (Å²) >= 11 is 3.50. The fourth-order valence-electron chi connectivity index (χ4n) is 4.37. The molecule has 0 bridgehead atoms. The van der Waals surface area contributed by atoms with Gasteiger partial charge in [-0.25, -0.2) is 9.59 Å². The van der Waals surface area contributed by atoms with Crippen LogP contribution in [-0.4, -0.2) is 69.3 Å². The van der Waals surface area contributed by atoms with Gasteiger partial charge >= 0.3 is 11.9 Å². The molecule has 2 aliphatic rings. The first-order valence-electron chi connectivity index (χ1n) is 10.1. The predicted octanol–water partition coefficient (Wildman–Crippen LogP) is 3.25. The van der Waals surface area contributed by atoms with E-state index < -0.39 is 11.9 Å². The van der Waals surface area contributed by atoms with Gasteiger partial charge in [0.2, 0.25) is 0 Å². The molecule has 3 N–H and O–H groups in total. The summed E-state index contributed by atoms with van der Waals surface area (Å²) in [5, 5.41) is 24.8. The van der Waals surface area contributed by atoms with E-state index in [1.54, 1.807) is 6.07 Å². The lowest BCUT2D eigenvalue weighted by Crippen LogP contribution is -2.49. The molecule has 162 valence electrons. The number of phenolic OH excluding ortho intramolecular Hbond substituents is 1.